The zero-order chi connectivity index (χ0) is 21.7. The van der Waals surface area contributed by atoms with E-state index in [0.29, 0.717) is 12.8 Å². The third-order valence-corrected chi connectivity index (χ3v) is 5.50. The maximum atomic E-state index is 13.1. The Bertz CT molecular complexity index is 921. The molecule has 0 spiro atoms. The van der Waals surface area contributed by atoms with Crippen LogP contribution in [0.5, 0.6) is 0 Å². The number of hydrogen-bond acceptors (Lipinski definition) is 4. The van der Waals surface area contributed by atoms with Crippen LogP contribution in [0.25, 0.3) is 0 Å². The SMILES string of the molecule is C[C@H](N[C@@H](CCc1ccccc1)C(=O)O)C(=O)N1Cc2ccccc2C[C@H]1C(=O)O.[Na+]. The minimum atomic E-state index is -1.07. The predicted octanol–water partition coefficient (Wildman–Crippen LogP) is -0.907. The van der Waals surface area contributed by atoms with E-state index in [2.05, 4.69) is 5.32 Å². The van der Waals surface area contributed by atoms with Gasteiger partial charge in [-0.3, -0.25) is 14.9 Å². The Labute approximate surface area is 203 Å². The van der Waals surface area contributed by atoms with E-state index in [9.17, 15) is 24.6 Å². The Hall–Kier alpha value is -2.19. The summed E-state index contributed by atoms with van der Waals surface area (Å²) in [5, 5.41) is 22.1. The van der Waals surface area contributed by atoms with Crippen molar-refractivity contribution in [1.82, 2.24) is 10.2 Å². The first-order chi connectivity index (χ1) is 14.4. The number of nitrogens with one attached hydrogen (secondary N) is 1. The van der Waals surface area contributed by atoms with Crippen molar-refractivity contribution in [2.24, 2.45) is 0 Å². The second-order valence-electron chi connectivity index (χ2n) is 7.60. The fourth-order valence-electron chi connectivity index (χ4n) is 3.83. The maximum Gasteiger partial charge on any atom is 1.00 e. The summed E-state index contributed by atoms with van der Waals surface area (Å²) < 4.78 is 0. The smallest absolute Gasteiger partial charge is 0.480 e. The van der Waals surface area contributed by atoms with Gasteiger partial charge in [-0.2, -0.15) is 0 Å². The van der Waals surface area contributed by atoms with E-state index in [1.807, 2.05) is 54.6 Å². The van der Waals surface area contributed by atoms with Gasteiger partial charge in [-0.1, -0.05) is 54.6 Å². The van der Waals surface area contributed by atoms with Crippen molar-refractivity contribution in [3.8, 4) is 0 Å². The molecule has 0 unspecified atom stereocenters. The van der Waals surface area contributed by atoms with Crippen LogP contribution in [0, 0.1) is 0 Å². The molecule has 2 aromatic rings. The van der Waals surface area contributed by atoms with Crippen LogP contribution >= 0.6 is 0 Å². The summed E-state index contributed by atoms with van der Waals surface area (Å²) in [6.45, 7) is 1.78. The van der Waals surface area contributed by atoms with Gasteiger partial charge in [-0.25, -0.2) is 4.79 Å². The van der Waals surface area contributed by atoms with Crippen molar-refractivity contribution in [1.29, 1.82) is 0 Å². The minimum Gasteiger partial charge on any atom is -0.480 e. The van der Waals surface area contributed by atoms with Crippen LogP contribution in [0.2, 0.25) is 0 Å². The van der Waals surface area contributed by atoms with E-state index in [-0.39, 0.29) is 42.5 Å². The number of rotatable bonds is 8. The average molecular weight is 433 g/mol. The molecule has 0 aromatic heterocycles. The second-order valence-corrected chi connectivity index (χ2v) is 7.60. The van der Waals surface area contributed by atoms with Crippen molar-refractivity contribution in [3.05, 3.63) is 71.3 Å². The molecule has 0 radical (unpaired) electrons. The van der Waals surface area contributed by atoms with Gasteiger partial charge in [0.2, 0.25) is 5.91 Å². The van der Waals surface area contributed by atoms with E-state index < -0.39 is 36.0 Å². The molecule has 0 fully saturated rings. The maximum absolute atomic E-state index is 13.1. The molecule has 0 aliphatic carbocycles. The van der Waals surface area contributed by atoms with E-state index >= 15 is 0 Å². The summed E-state index contributed by atoms with van der Waals surface area (Å²) in [4.78, 5) is 37.9. The number of carbonyl (C=O) groups is 3. The number of fused-ring (bicyclic) bond motifs is 1. The van der Waals surface area contributed by atoms with Gasteiger partial charge in [0.15, 0.2) is 0 Å². The molecule has 0 bridgehead atoms. The standard InChI is InChI=1S/C23H26N2O5.Na/c1-15(24-19(22(27)28)12-11-16-7-3-2-4-8-16)21(26)25-14-18-10-6-5-9-17(18)13-20(25)23(29)30;/h2-10,15,19-20,24H,11-14H2,1H3,(H,27,28)(H,29,30);/q;+1/t15-,19-,20-;/m0./s1. The molecule has 1 heterocycles. The number of aliphatic carboxylic acids is 2. The number of amides is 1. The number of carbonyl (C=O) groups excluding carboxylic acids is 1. The summed E-state index contributed by atoms with van der Waals surface area (Å²) in [6, 6.07) is 14.3. The first-order valence-electron chi connectivity index (χ1n) is 9.99. The molecular weight excluding hydrogens is 407 g/mol. The summed E-state index contributed by atoms with van der Waals surface area (Å²) in [6.07, 6.45) is 1.11. The molecule has 1 aliphatic heterocycles. The molecule has 8 heteroatoms. The molecule has 2 aromatic carbocycles. The Morgan fingerprint density at radius 3 is 2.26 bits per heavy atom. The van der Waals surface area contributed by atoms with Gasteiger partial charge in [-0.15, -0.1) is 0 Å². The van der Waals surface area contributed by atoms with Crippen LogP contribution in [0.1, 0.15) is 30.0 Å². The predicted molar refractivity (Wildman–Crippen MR) is 111 cm³/mol. The number of hydrogen-bond donors (Lipinski definition) is 3. The van der Waals surface area contributed by atoms with Crippen LogP contribution in [0.15, 0.2) is 54.6 Å². The van der Waals surface area contributed by atoms with E-state index in [0.717, 1.165) is 16.7 Å². The molecule has 3 atom stereocenters. The third kappa shape index (κ3) is 6.40. The number of carboxylic acid groups (broad SMARTS) is 2. The topological polar surface area (TPSA) is 107 Å². The zero-order valence-corrected chi connectivity index (χ0v) is 19.8. The van der Waals surface area contributed by atoms with Gasteiger partial charge >= 0.3 is 41.5 Å². The van der Waals surface area contributed by atoms with Gasteiger partial charge in [0, 0.05) is 13.0 Å². The van der Waals surface area contributed by atoms with Crippen molar-refractivity contribution in [2.75, 3.05) is 0 Å². The summed E-state index contributed by atoms with van der Waals surface area (Å²) in [5.41, 5.74) is 2.85. The Morgan fingerprint density at radius 2 is 1.65 bits per heavy atom. The number of nitrogens with zero attached hydrogens (tertiary/aromatic N) is 1. The molecule has 0 saturated carbocycles. The molecule has 0 saturated heterocycles. The van der Waals surface area contributed by atoms with Crippen LogP contribution in [0.4, 0.5) is 0 Å². The summed E-state index contributed by atoms with van der Waals surface area (Å²) in [5.74, 6) is -2.52. The van der Waals surface area contributed by atoms with Crippen molar-refractivity contribution < 1.29 is 54.2 Å². The van der Waals surface area contributed by atoms with Gasteiger partial charge in [0.25, 0.3) is 0 Å². The van der Waals surface area contributed by atoms with E-state index in [1.54, 1.807) is 6.92 Å². The number of aryl methyl sites for hydroxylation is 1. The summed E-state index contributed by atoms with van der Waals surface area (Å²) >= 11 is 0. The molecule has 3 rings (SSSR count). The largest absolute Gasteiger partial charge is 1.00 e. The van der Waals surface area contributed by atoms with Gasteiger partial charge in [0.1, 0.15) is 12.1 Å². The molecule has 1 aliphatic rings. The van der Waals surface area contributed by atoms with Gasteiger partial charge < -0.3 is 15.1 Å². The molecule has 31 heavy (non-hydrogen) atoms. The van der Waals surface area contributed by atoms with Gasteiger partial charge in [0.05, 0.1) is 6.04 Å². The third-order valence-electron chi connectivity index (χ3n) is 5.50. The fraction of sp³-hybridized carbons (Fsp3) is 0.348. The van der Waals surface area contributed by atoms with E-state index in [1.165, 1.54) is 4.90 Å². The first-order valence-corrected chi connectivity index (χ1v) is 9.99. The van der Waals surface area contributed by atoms with E-state index in [4.69, 9.17) is 0 Å². The molecule has 1 amide bonds. The van der Waals surface area contributed by atoms with Gasteiger partial charge in [-0.05, 0) is 36.5 Å². The zero-order valence-electron chi connectivity index (χ0n) is 17.8. The Morgan fingerprint density at radius 1 is 1.03 bits per heavy atom. The van der Waals surface area contributed by atoms with Crippen LogP contribution in [-0.2, 0) is 33.8 Å². The van der Waals surface area contributed by atoms with Crippen molar-refractivity contribution in [2.45, 2.75) is 50.9 Å². The van der Waals surface area contributed by atoms with Crippen LogP contribution in [-0.4, -0.2) is 51.1 Å². The van der Waals surface area contributed by atoms with Crippen molar-refractivity contribution in [3.63, 3.8) is 0 Å². The van der Waals surface area contributed by atoms with Crippen molar-refractivity contribution >= 4 is 17.8 Å². The fourth-order valence-corrected chi connectivity index (χ4v) is 3.83. The average Bonchev–Trinajstić information content (AvgIpc) is 2.75. The number of carboxylic acids is 2. The normalized spacial score (nSPS) is 17.1. The first kappa shape index (κ1) is 25.1. The molecule has 7 nitrogen and oxygen atoms in total. The summed E-state index contributed by atoms with van der Waals surface area (Å²) in [7, 11) is 0. The van der Waals surface area contributed by atoms with Crippen LogP contribution < -0.4 is 34.9 Å². The minimum absolute atomic E-state index is 0. The molecule has 158 valence electrons. The Balaban J connectivity index is 0.00000341. The molecule has 3 N–H and O–H groups in total. The quantitative estimate of drug-likeness (QED) is 0.466. The Kier molecular flexibility index (Phi) is 9.25. The van der Waals surface area contributed by atoms with Crippen LogP contribution in [0.3, 0.4) is 0 Å². The molecular formula is C23H26N2NaO5+. The number of benzene rings is 2. The monoisotopic (exact) mass is 433 g/mol. The second kappa shape index (κ2) is 11.4.